The van der Waals surface area contributed by atoms with E-state index in [9.17, 15) is 0 Å². The van der Waals surface area contributed by atoms with Gasteiger partial charge in [-0.1, -0.05) is 40.2 Å². The smallest absolute Gasteiger partial charge is 0.0347 e. The van der Waals surface area contributed by atoms with Crippen LogP contribution in [0.2, 0.25) is 0 Å². The van der Waals surface area contributed by atoms with Gasteiger partial charge in [0, 0.05) is 22.9 Å². The molecule has 1 atom stereocenters. The van der Waals surface area contributed by atoms with E-state index in [4.69, 9.17) is 5.73 Å². The summed E-state index contributed by atoms with van der Waals surface area (Å²) in [5.74, 6) is 0. The van der Waals surface area contributed by atoms with Gasteiger partial charge in [0.05, 0.1) is 0 Å². The lowest BCUT2D eigenvalue weighted by Gasteiger charge is -2.15. The third-order valence-corrected chi connectivity index (χ3v) is 3.88. The number of pyridine rings is 1. The molecule has 0 saturated heterocycles. The van der Waals surface area contributed by atoms with E-state index in [2.05, 4.69) is 46.0 Å². The SMILES string of the molecule is Cc1cccc(C(N)Cc2cccnc2)c1Br. The van der Waals surface area contributed by atoms with E-state index in [1.54, 1.807) is 6.20 Å². The van der Waals surface area contributed by atoms with E-state index in [-0.39, 0.29) is 6.04 Å². The van der Waals surface area contributed by atoms with E-state index in [1.807, 2.05) is 18.3 Å². The molecular weight excluding hydrogens is 276 g/mol. The third kappa shape index (κ3) is 2.93. The highest BCUT2D eigenvalue weighted by Crippen LogP contribution is 2.27. The number of halogens is 1. The second kappa shape index (κ2) is 5.43. The zero-order valence-electron chi connectivity index (χ0n) is 9.73. The van der Waals surface area contributed by atoms with Gasteiger partial charge in [-0.15, -0.1) is 0 Å². The Balaban J connectivity index is 2.20. The average molecular weight is 291 g/mol. The second-order valence-corrected chi connectivity index (χ2v) is 4.94. The van der Waals surface area contributed by atoms with Crippen LogP contribution in [-0.2, 0) is 6.42 Å². The maximum atomic E-state index is 6.24. The highest BCUT2D eigenvalue weighted by Gasteiger charge is 2.11. The van der Waals surface area contributed by atoms with Crippen LogP contribution in [0.1, 0.15) is 22.7 Å². The van der Waals surface area contributed by atoms with Gasteiger partial charge in [0.2, 0.25) is 0 Å². The summed E-state index contributed by atoms with van der Waals surface area (Å²) in [6.45, 7) is 2.07. The molecule has 2 nitrogen and oxygen atoms in total. The van der Waals surface area contributed by atoms with Gasteiger partial charge in [0.15, 0.2) is 0 Å². The van der Waals surface area contributed by atoms with Crippen LogP contribution in [-0.4, -0.2) is 4.98 Å². The van der Waals surface area contributed by atoms with Crippen molar-refractivity contribution in [3.8, 4) is 0 Å². The number of aryl methyl sites for hydroxylation is 1. The van der Waals surface area contributed by atoms with Gasteiger partial charge >= 0.3 is 0 Å². The van der Waals surface area contributed by atoms with E-state index < -0.39 is 0 Å². The Morgan fingerprint density at radius 1 is 1.29 bits per heavy atom. The molecule has 1 aromatic carbocycles. The summed E-state index contributed by atoms with van der Waals surface area (Å²) in [4.78, 5) is 4.10. The van der Waals surface area contributed by atoms with Crippen molar-refractivity contribution in [2.24, 2.45) is 5.73 Å². The van der Waals surface area contributed by atoms with Crippen molar-refractivity contribution >= 4 is 15.9 Å². The van der Waals surface area contributed by atoms with Gasteiger partial charge < -0.3 is 5.73 Å². The monoisotopic (exact) mass is 290 g/mol. The fourth-order valence-electron chi connectivity index (χ4n) is 1.84. The van der Waals surface area contributed by atoms with Gasteiger partial charge in [-0.25, -0.2) is 0 Å². The Kier molecular flexibility index (Phi) is 3.92. The molecule has 1 heterocycles. The Bertz CT molecular complexity index is 497. The van der Waals surface area contributed by atoms with Crippen LogP contribution in [0, 0.1) is 6.92 Å². The molecule has 0 aliphatic heterocycles. The molecule has 0 aliphatic carbocycles. The predicted octanol–water partition coefficient (Wildman–Crippen LogP) is 3.40. The Hall–Kier alpha value is -1.19. The van der Waals surface area contributed by atoms with Crippen molar-refractivity contribution in [2.45, 2.75) is 19.4 Å². The minimum atomic E-state index is -0.00604. The lowest BCUT2D eigenvalue weighted by molar-refractivity contribution is 0.715. The van der Waals surface area contributed by atoms with Crippen LogP contribution < -0.4 is 5.73 Å². The van der Waals surface area contributed by atoms with Gasteiger partial charge in [-0.2, -0.15) is 0 Å². The summed E-state index contributed by atoms with van der Waals surface area (Å²) in [5, 5.41) is 0. The van der Waals surface area contributed by atoms with Crippen LogP contribution in [0.25, 0.3) is 0 Å². The van der Waals surface area contributed by atoms with Crippen molar-refractivity contribution < 1.29 is 0 Å². The average Bonchev–Trinajstić information content (AvgIpc) is 2.34. The number of benzene rings is 1. The van der Waals surface area contributed by atoms with Gasteiger partial charge in [0.25, 0.3) is 0 Å². The Morgan fingerprint density at radius 2 is 2.12 bits per heavy atom. The molecule has 17 heavy (non-hydrogen) atoms. The summed E-state index contributed by atoms with van der Waals surface area (Å²) < 4.78 is 1.11. The number of nitrogens with zero attached hydrogens (tertiary/aromatic N) is 1. The minimum absolute atomic E-state index is 0.00604. The number of hydrogen-bond donors (Lipinski definition) is 1. The topological polar surface area (TPSA) is 38.9 Å². The summed E-state index contributed by atoms with van der Waals surface area (Å²) in [6.07, 6.45) is 4.44. The van der Waals surface area contributed by atoms with Crippen molar-refractivity contribution in [2.75, 3.05) is 0 Å². The zero-order chi connectivity index (χ0) is 12.3. The molecule has 3 heteroatoms. The quantitative estimate of drug-likeness (QED) is 0.941. The fraction of sp³-hybridized carbons (Fsp3) is 0.214. The molecule has 88 valence electrons. The predicted molar refractivity (Wildman–Crippen MR) is 73.7 cm³/mol. The molecule has 1 unspecified atom stereocenters. The van der Waals surface area contributed by atoms with Crippen LogP contribution in [0.3, 0.4) is 0 Å². The lowest BCUT2D eigenvalue weighted by atomic mass is 9.99. The molecule has 0 radical (unpaired) electrons. The first-order chi connectivity index (χ1) is 8.18. The number of hydrogen-bond acceptors (Lipinski definition) is 2. The number of rotatable bonds is 3. The fourth-order valence-corrected chi connectivity index (χ4v) is 2.40. The van der Waals surface area contributed by atoms with Gasteiger partial charge in [-0.3, -0.25) is 4.98 Å². The molecule has 0 saturated carbocycles. The molecule has 2 N–H and O–H groups in total. The first-order valence-electron chi connectivity index (χ1n) is 5.58. The van der Waals surface area contributed by atoms with Gasteiger partial charge in [-0.05, 0) is 36.1 Å². The number of aromatic nitrogens is 1. The standard InChI is InChI=1S/C14H15BrN2/c1-10-4-2-6-12(14(10)15)13(16)8-11-5-3-7-17-9-11/h2-7,9,13H,8,16H2,1H3. The van der Waals surface area contributed by atoms with Crippen LogP contribution in [0.15, 0.2) is 47.2 Å². The Morgan fingerprint density at radius 3 is 2.82 bits per heavy atom. The highest BCUT2D eigenvalue weighted by atomic mass is 79.9. The van der Waals surface area contributed by atoms with E-state index in [1.165, 1.54) is 5.56 Å². The summed E-state index contributed by atoms with van der Waals surface area (Å²) in [7, 11) is 0. The summed E-state index contributed by atoms with van der Waals surface area (Å²) in [5.41, 5.74) is 9.76. The largest absolute Gasteiger partial charge is 0.324 e. The van der Waals surface area contributed by atoms with Crippen molar-refractivity contribution in [3.63, 3.8) is 0 Å². The van der Waals surface area contributed by atoms with E-state index >= 15 is 0 Å². The van der Waals surface area contributed by atoms with Crippen LogP contribution >= 0.6 is 15.9 Å². The van der Waals surface area contributed by atoms with E-state index in [0.29, 0.717) is 0 Å². The molecule has 2 aromatic rings. The molecule has 2 rings (SSSR count). The van der Waals surface area contributed by atoms with Crippen molar-refractivity contribution in [3.05, 3.63) is 63.9 Å². The zero-order valence-corrected chi connectivity index (χ0v) is 11.3. The molecule has 0 spiro atoms. The second-order valence-electron chi connectivity index (χ2n) is 4.15. The minimum Gasteiger partial charge on any atom is -0.324 e. The molecule has 0 aliphatic rings. The normalized spacial score (nSPS) is 12.4. The van der Waals surface area contributed by atoms with E-state index in [0.717, 1.165) is 22.0 Å². The molecule has 0 fully saturated rings. The summed E-state index contributed by atoms with van der Waals surface area (Å²) >= 11 is 3.60. The summed E-state index contributed by atoms with van der Waals surface area (Å²) in [6, 6.07) is 10.2. The Labute approximate surface area is 110 Å². The maximum Gasteiger partial charge on any atom is 0.0347 e. The van der Waals surface area contributed by atoms with Gasteiger partial charge in [0.1, 0.15) is 0 Å². The van der Waals surface area contributed by atoms with Crippen molar-refractivity contribution in [1.29, 1.82) is 0 Å². The first-order valence-corrected chi connectivity index (χ1v) is 6.37. The highest BCUT2D eigenvalue weighted by molar-refractivity contribution is 9.10. The molecule has 0 bridgehead atoms. The van der Waals surface area contributed by atoms with Crippen LogP contribution in [0.5, 0.6) is 0 Å². The third-order valence-electron chi connectivity index (χ3n) is 2.80. The first kappa shape index (κ1) is 12.3. The lowest BCUT2D eigenvalue weighted by Crippen LogP contribution is -2.14. The molecular formula is C14H15BrN2. The molecule has 1 aromatic heterocycles. The number of nitrogens with two attached hydrogens (primary N) is 1. The maximum absolute atomic E-state index is 6.24. The molecule has 0 amide bonds. The van der Waals surface area contributed by atoms with Crippen LogP contribution in [0.4, 0.5) is 0 Å². The van der Waals surface area contributed by atoms with Crippen molar-refractivity contribution in [1.82, 2.24) is 4.98 Å².